The van der Waals surface area contributed by atoms with Crippen LogP contribution < -0.4 is 10.6 Å². The van der Waals surface area contributed by atoms with Crippen LogP contribution in [0.4, 0.5) is 11.4 Å². The molecule has 34 heavy (non-hydrogen) atoms. The molecule has 0 aliphatic carbocycles. The number of amides is 3. The topological polar surface area (TPSA) is 81.8 Å². The van der Waals surface area contributed by atoms with Gasteiger partial charge in [-0.2, -0.15) is 0 Å². The lowest BCUT2D eigenvalue weighted by Gasteiger charge is -2.26. The highest BCUT2D eigenvalue weighted by Gasteiger charge is 2.18. The summed E-state index contributed by atoms with van der Waals surface area (Å²) in [4.78, 5) is 41.4. The van der Waals surface area contributed by atoms with Crippen molar-refractivity contribution < 1.29 is 14.4 Å². The molecule has 0 spiro atoms. The van der Waals surface area contributed by atoms with Crippen molar-refractivity contribution in [2.24, 2.45) is 0 Å². The van der Waals surface area contributed by atoms with E-state index in [-0.39, 0.29) is 24.3 Å². The molecule has 2 N–H and O–H groups in total. The van der Waals surface area contributed by atoms with E-state index < -0.39 is 0 Å². The van der Waals surface area contributed by atoms with Gasteiger partial charge in [-0.25, -0.2) is 0 Å². The van der Waals surface area contributed by atoms with Crippen molar-refractivity contribution in [3.05, 3.63) is 59.7 Å². The summed E-state index contributed by atoms with van der Waals surface area (Å²) in [5.74, 6) is -0.102. The molecule has 7 heteroatoms. The van der Waals surface area contributed by atoms with Gasteiger partial charge in [0.05, 0.1) is 6.54 Å². The summed E-state index contributed by atoms with van der Waals surface area (Å²) in [7, 11) is 0. The highest BCUT2D eigenvalue weighted by molar-refractivity contribution is 5.97. The lowest BCUT2D eigenvalue weighted by atomic mass is 10.1. The molecule has 3 rings (SSSR count). The molecular weight excluding hydrogens is 428 g/mol. The second-order valence-corrected chi connectivity index (χ2v) is 8.70. The Balaban J connectivity index is 1.48. The van der Waals surface area contributed by atoms with Crippen molar-refractivity contribution in [2.45, 2.75) is 46.0 Å². The number of hydrogen-bond donors (Lipinski definition) is 2. The maximum atomic E-state index is 12.7. The molecule has 182 valence electrons. The number of hydrogen-bond acceptors (Lipinski definition) is 4. The summed E-state index contributed by atoms with van der Waals surface area (Å²) in [5, 5.41) is 5.93. The van der Waals surface area contributed by atoms with Gasteiger partial charge < -0.3 is 20.4 Å². The average Bonchev–Trinajstić information content (AvgIpc) is 2.88. The largest absolute Gasteiger partial charge is 0.376 e. The molecule has 0 aromatic heterocycles. The molecule has 1 fully saturated rings. The minimum absolute atomic E-state index is 0.0189. The van der Waals surface area contributed by atoms with Gasteiger partial charge >= 0.3 is 0 Å². The molecule has 0 radical (unpaired) electrons. The van der Waals surface area contributed by atoms with E-state index in [4.69, 9.17) is 0 Å². The smallest absolute Gasteiger partial charge is 0.253 e. The maximum absolute atomic E-state index is 12.7. The summed E-state index contributed by atoms with van der Waals surface area (Å²) in [6, 6.07) is 14.3. The van der Waals surface area contributed by atoms with Crippen LogP contribution in [0.5, 0.6) is 0 Å². The Labute approximate surface area is 202 Å². The number of carbonyl (C=O) groups is 3. The Morgan fingerprint density at radius 3 is 1.94 bits per heavy atom. The van der Waals surface area contributed by atoms with Crippen molar-refractivity contribution in [2.75, 3.05) is 43.4 Å². The van der Waals surface area contributed by atoms with Crippen LogP contribution in [0.1, 0.15) is 66.7 Å². The summed E-state index contributed by atoms with van der Waals surface area (Å²) in [6.45, 7) is 7.35. The SMILES string of the molecule is CCCN(CCC)C(=O)c1ccc(NC(=O)CNc2ccc(C(=O)N3CCCCC3)cc2)cc1. The Morgan fingerprint density at radius 1 is 0.794 bits per heavy atom. The highest BCUT2D eigenvalue weighted by Crippen LogP contribution is 2.16. The van der Waals surface area contributed by atoms with E-state index >= 15 is 0 Å². The highest BCUT2D eigenvalue weighted by atomic mass is 16.2. The fourth-order valence-corrected chi connectivity index (χ4v) is 4.13. The molecule has 3 amide bonds. The van der Waals surface area contributed by atoms with Crippen LogP contribution in [-0.2, 0) is 4.79 Å². The standard InChI is InChI=1S/C27H36N4O3/c1-3-16-30(17-4-2)26(33)22-10-14-24(15-11-22)29-25(32)20-28-23-12-8-21(9-13-23)27(34)31-18-6-5-7-19-31/h8-15,28H,3-7,16-20H2,1-2H3,(H,29,32). The van der Waals surface area contributed by atoms with Gasteiger partial charge in [-0.3, -0.25) is 14.4 Å². The van der Waals surface area contributed by atoms with Crippen molar-refractivity contribution in [1.29, 1.82) is 0 Å². The number of rotatable bonds is 10. The summed E-state index contributed by atoms with van der Waals surface area (Å²) in [5.41, 5.74) is 2.71. The summed E-state index contributed by atoms with van der Waals surface area (Å²) < 4.78 is 0. The molecule has 0 saturated carbocycles. The van der Waals surface area contributed by atoms with Crippen molar-refractivity contribution in [3.8, 4) is 0 Å². The zero-order valence-electron chi connectivity index (χ0n) is 20.3. The van der Waals surface area contributed by atoms with E-state index in [0.29, 0.717) is 16.8 Å². The van der Waals surface area contributed by atoms with E-state index in [1.54, 1.807) is 36.4 Å². The molecule has 0 atom stereocenters. The number of likely N-dealkylation sites (tertiary alicyclic amines) is 1. The Hall–Kier alpha value is -3.35. The summed E-state index contributed by atoms with van der Waals surface area (Å²) in [6.07, 6.45) is 5.16. The quantitative estimate of drug-likeness (QED) is 0.537. The number of nitrogens with zero attached hydrogens (tertiary/aromatic N) is 2. The first kappa shape index (κ1) is 25.3. The molecule has 1 saturated heterocycles. The van der Waals surface area contributed by atoms with Crippen molar-refractivity contribution in [1.82, 2.24) is 9.80 Å². The normalized spacial score (nSPS) is 13.3. The van der Waals surface area contributed by atoms with Crippen molar-refractivity contribution in [3.63, 3.8) is 0 Å². The Morgan fingerprint density at radius 2 is 1.35 bits per heavy atom. The lowest BCUT2D eigenvalue weighted by molar-refractivity contribution is -0.114. The van der Waals surface area contributed by atoms with E-state index in [9.17, 15) is 14.4 Å². The first-order valence-electron chi connectivity index (χ1n) is 12.3. The van der Waals surface area contributed by atoms with Crippen LogP contribution in [0.15, 0.2) is 48.5 Å². The minimum Gasteiger partial charge on any atom is -0.376 e. The van der Waals surface area contributed by atoms with Crippen LogP contribution >= 0.6 is 0 Å². The predicted octanol–water partition coefficient (Wildman–Crippen LogP) is 4.63. The van der Waals surface area contributed by atoms with Gasteiger partial charge in [-0.1, -0.05) is 13.8 Å². The van der Waals surface area contributed by atoms with E-state index in [0.717, 1.165) is 57.5 Å². The van der Waals surface area contributed by atoms with Crippen LogP contribution in [0.3, 0.4) is 0 Å². The second-order valence-electron chi connectivity index (χ2n) is 8.70. The third kappa shape index (κ3) is 7.07. The van der Waals surface area contributed by atoms with Crippen molar-refractivity contribution >= 4 is 29.1 Å². The molecule has 2 aromatic carbocycles. The van der Waals surface area contributed by atoms with Gasteiger partial charge in [0.15, 0.2) is 0 Å². The van der Waals surface area contributed by atoms with Crippen LogP contribution in [-0.4, -0.2) is 60.2 Å². The number of anilines is 2. The number of benzene rings is 2. The molecular formula is C27H36N4O3. The molecule has 2 aromatic rings. The van der Waals surface area contributed by atoms with E-state index in [2.05, 4.69) is 24.5 Å². The lowest BCUT2D eigenvalue weighted by Crippen LogP contribution is -2.35. The first-order chi connectivity index (χ1) is 16.5. The summed E-state index contributed by atoms with van der Waals surface area (Å²) >= 11 is 0. The first-order valence-corrected chi connectivity index (χ1v) is 12.3. The molecule has 1 heterocycles. The van der Waals surface area contributed by atoms with Gasteiger partial charge in [0.2, 0.25) is 5.91 Å². The average molecular weight is 465 g/mol. The third-order valence-electron chi connectivity index (χ3n) is 5.92. The number of piperidine rings is 1. The second kappa shape index (κ2) is 12.8. The van der Waals surface area contributed by atoms with Crippen LogP contribution in [0.2, 0.25) is 0 Å². The van der Waals surface area contributed by atoms with E-state index in [1.165, 1.54) is 6.42 Å². The fourth-order valence-electron chi connectivity index (χ4n) is 4.13. The molecule has 1 aliphatic heterocycles. The minimum atomic E-state index is -0.189. The van der Waals surface area contributed by atoms with E-state index in [1.807, 2.05) is 21.9 Å². The fraction of sp³-hybridized carbons (Fsp3) is 0.444. The van der Waals surface area contributed by atoms with Crippen LogP contribution in [0.25, 0.3) is 0 Å². The Bertz CT molecular complexity index is 945. The van der Waals surface area contributed by atoms with Gasteiger partial charge in [0, 0.05) is 48.7 Å². The molecule has 1 aliphatic rings. The van der Waals surface area contributed by atoms with Crippen LogP contribution in [0, 0.1) is 0 Å². The van der Waals surface area contributed by atoms with Gasteiger partial charge in [0.1, 0.15) is 0 Å². The molecule has 0 bridgehead atoms. The van der Waals surface area contributed by atoms with Gasteiger partial charge in [-0.05, 0) is 80.6 Å². The van der Waals surface area contributed by atoms with Gasteiger partial charge in [-0.15, -0.1) is 0 Å². The monoisotopic (exact) mass is 464 g/mol. The zero-order chi connectivity index (χ0) is 24.3. The van der Waals surface area contributed by atoms with Gasteiger partial charge in [0.25, 0.3) is 11.8 Å². The molecule has 0 unspecified atom stereocenters. The third-order valence-corrected chi connectivity index (χ3v) is 5.92. The Kier molecular flexibility index (Phi) is 9.50. The predicted molar refractivity (Wildman–Crippen MR) is 136 cm³/mol. The number of nitrogens with one attached hydrogen (secondary N) is 2. The molecule has 7 nitrogen and oxygen atoms in total. The number of carbonyl (C=O) groups excluding carboxylic acids is 3. The zero-order valence-corrected chi connectivity index (χ0v) is 20.3. The maximum Gasteiger partial charge on any atom is 0.253 e.